The Bertz CT molecular complexity index is 931. The molecule has 1 aliphatic heterocycles. The summed E-state index contributed by atoms with van der Waals surface area (Å²) in [6, 6.07) is 13.1. The van der Waals surface area contributed by atoms with E-state index in [1.165, 1.54) is 16.5 Å². The highest BCUT2D eigenvalue weighted by Crippen LogP contribution is 2.41. The van der Waals surface area contributed by atoms with Gasteiger partial charge in [0.2, 0.25) is 5.91 Å². The number of H-pyrrole nitrogens is 1. The van der Waals surface area contributed by atoms with Crippen molar-refractivity contribution in [3.63, 3.8) is 0 Å². The fourth-order valence-electron chi connectivity index (χ4n) is 4.20. The lowest BCUT2D eigenvalue weighted by Crippen LogP contribution is -2.37. The first-order valence-corrected chi connectivity index (χ1v) is 9.31. The van der Waals surface area contributed by atoms with Gasteiger partial charge in [-0.2, -0.15) is 0 Å². The van der Waals surface area contributed by atoms with Gasteiger partial charge in [0.05, 0.1) is 6.04 Å². The predicted molar refractivity (Wildman–Crippen MR) is 100 cm³/mol. The van der Waals surface area contributed by atoms with E-state index >= 15 is 0 Å². The van der Waals surface area contributed by atoms with Crippen molar-refractivity contribution in [2.45, 2.75) is 43.9 Å². The number of carbonyl (C=O) groups is 1. The lowest BCUT2D eigenvalue weighted by molar-refractivity contribution is -0.129. The summed E-state index contributed by atoms with van der Waals surface area (Å²) in [5.74, 6) is 0.261. The summed E-state index contributed by atoms with van der Waals surface area (Å²) < 4.78 is 0. The molecule has 5 rings (SSSR count). The maximum absolute atomic E-state index is 12.7. The fourth-order valence-corrected chi connectivity index (χ4v) is 4.20. The number of benzene rings is 1. The molecule has 2 fully saturated rings. The third kappa shape index (κ3) is 2.69. The molecule has 2 aliphatic rings. The van der Waals surface area contributed by atoms with Crippen LogP contribution in [0.1, 0.15) is 36.4 Å². The number of aromatic nitrogens is 2. The first-order valence-electron chi connectivity index (χ1n) is 9.31. The summed E-state index contributed by atoms with van der Waals surface area (Å²) in [6.45, 7) is 0.741. The van der Waals surface area contributed by atoms with Crippen molar-refractivity contribution in [2.75, 3.05) is 0 Å². The van der Waals surface area contributed by atoms with Gasteiger partial charge in [-0.15, -0.1) is 0 Å². The van der Waals surface area contributed by atoms with Gasteiger partial charge in [-0.05, 0) is 41.5 Å². The molecule has 2 aromatic heterocycles. The topological polar surface area (TPSA) is 61.0 Å². The summed E-state index contributed by atoms with van der Waals surface area (Å²) in [5.41, 5.74) is 3.52. The Balaban J connectivity index is 1.41. The molecule has 2 atom stereocenters. The van der Waals surface area contributed by atoms with Gasteiger partial charge in [0, 0.05) is 49.2 Å². The zero-order chi connectivity index (χ0) is 17.5. The molecule has 0 unspecified atom stereocenters. The van der Waals surface area contributed by atoms with Crippen molar-refractivity contribution in [3.05, 3.63) is 66.1 Å². The van der Waals surface area contributed by atoms with Crippen LogP contribution in [0.4, 0.5) is 0 Å². The Hall–Kier alpha value is -2.66. The maximum Gasteiger partial charge on any atom is 0.225 e. The molecule has 3 aromatic rings. The molecule has 1 saturated heterocycles. The first kappa shape index (κ1) is 15.6. The largest absolute Gasteiger partial charge is 0.361 e. The lowest BCUT2D eigenvalue weighted by atomic mass is 10.0. The smallest absolute Gasteiger partial charge is 0.225 e. The zero-order valence-electron chi connectivity index (χ0n) is 14.6. The Kier molecular flexibility index (Phi) is 3.75. The van der Waals surface area contributed by atoms with Crippen LogP contribution in [0.3, 0.4) is 0 Å². The van der Waals surface area contributed by atoms with Crippen molar-refractivity contribution >= 4 is 16.8 Å². The average molecular weight is 346 g/mol. The second-order valence-electron chi connectivity index (χ2n) is 7.31. The minimum Gasteiger partial charge on any atom is -0.361 e. The molecule has 132 valence electrons. The summed E-state index contributed by atoms with van der Waals surface area (Å²) in [4.78, 5) is 22.4. The second kappa shape index (κ2) is 6.25. The molecule has 1 aliphatic carbocycles. The Morgan fingerprint density at radius 2 is 2.12 bits per heavy atom. The molecular weight excluding hydrogens is 324 g/mol. The van der Waals surface area contributed by atoms with Crippen LogP contribution in [0, 0.1) is 0 Å². The van der Waals surface area contributed by atoms with Crippen LogP contribution < -0.4 is 5.32 Å². The third-order valence-electron chi connectivity index (χ3n) is 5.56. The number of carbonyl (C=O) groups excluding carboxylic acids is 1. The van der Waals surface area contributed by atoms with E-state index in [-0.39, 0.29) is 18.0 Å². The minimum absolute atomic E-state index is 0.0755. The number of likely N-dealkylation sites (tertiary alicyclic amines) is 1. The van der Waals surface area contributed by atoms with E-state index in [0.29, 0.717) is 12.5 Å². The standard InChI is InChI=1S/C21H22N4O/c26-19-11-18(24-13-15-4-1-3-14-8-10-23-20(14)15)21(25(19)17-6-7-17)16-5-2-9-22-12-16/h1-5,8-10,12,17-18,21,23-24H,6-7,11,13H2/t18-,21+/m1/s1. The third-order valence-corrected chi connectivity index (χ3v) is 5.56. The van der Waals surface area contributed by atoms with Gasteiger partial charge < -0.3 is 15.2 Å². The summed E-state index contributed by atoms with van der Waals surface area (Å²) in [5, 5.41) is 4.88. The molecule has 0 bridgehead atoms. The molecule has 0 radical (unpaired) electrons. The van der Waals surface area contributed by atoms with E-state index in [4.69, 9.17) is 0 Å². The number of nitrogens with one attached hydrogen (secondary N) is 2. The van der Waals surface area contributed by atoms with Crippen molar-refractivity contribution < 1.29 is 4.79 Å². The van der Waals surface area contributed by atoms with Crippen LogP contribution >= 0.6 is 0 Å². The monoisotopic (exact) mass is 346 g/mol. The second-order valence-corrected chi connectivity index (χ2v) is 7.31. The van der Waals surface area contributed by atoms with Crippen molar-refractivity contribution in [1.29, 1.82) is 0 Å². The van der Waals surface area contributed by atoms with Crippen LogP contribution in [0.2, 0.25) is 0 Å². The number of hydrogen-bond donors (Lipinski definition) is 2. The highest BCUT2D eigenvalue weighted by atomic mass is 16.2. The van der Waals surface area contributed by atoms with E-state index < -0.39 is 0 Å². The van der Waals surface area contributed by atoms with Crippen LogP contribution in [0.15, 0.2) is 55.0 Å². The molecule has 2 N–H and O–H groups in total. The van der Waals surface area contributed by atoms with Gasteiger partial charge >= 0.3 is 0 Å². The number of nitrogens with zero attached hydrogens (tertiary/aromatic N) is 2. The molecule has 1 amide bonds. The lowest BCUT2D eigenvalue weighted by Gasteiger charge is -2.29. The highest BCUT2D eigenvalue weighted by molar-refractivity contribution is 5.83. The minimum atomic E-state index is 0.0755. The number of para-hydroxylation sites is 1. The van der Waals surface area contributed by atoms with Gasteiger partial charge in [0.15, 0.2) is 0 Å². The summed E-state index contributed by atoms with van der Waals surface area (Å²) in [7, 11) is 0. The van der Waals surface area contributed by atoms with Crippen molar-refractivity contribution in [3.8, 4) is 0 Å². The average Bonchev–Trinajstić information content (AvgIpc) is 3.28. The van der Waals surface area contributed by atoms with E-state index in [9.17, 15) is 4.79 Å². The zero-order valence-corrected chi connectivity index (χ0v) is 14.6. The SMILES string of the molecule is O=C1C[C@@H](NCc2cccc3cc[nH]c23)[C@H](c2cccnc2)N1C1CC1. The van der Waals surface area contributed by atoms with Gasteiger partial charge in [0.1, 0.15) is 0 Å². The first-order chi connectivity index (χ1) is 12.8. The molecular formula is C21H22N4O. The molecule has 1 saturated carbocycles. The van der Waals surface area contributed by atoms with Crippen LogP contribution in [0.5, 0.6) is 0 Å². The Labute approximate surface area is 152 Å². The number of hydrogen-bond acceptors (Lipinski definition) is 3. The van der Waals surface area contributed by atoms with Crippen LogP contribution in [-0.4, -0.2) is 32.9 Å². The normalized spacial score (nSPS) is 23.1. The van der Waals surface area contributed by atoms with Gasteiger partial charge in [-0.3, -0.25) is 9.78 Å². The number of fused-ring (bicyclic) bond motifs is 1. The Morgan fingerprint density at radius 3 is 2.92 bits per heavy atom. The number of pyridine rings is 1. The predicted octanol–water partition coefficient (Wildman–Crippen LogP) is 3.16. The van der Waals surface area contributed by atoms with Crippen LogP contribution in [0.25, 0.3) is 10.9 Å². The molecule has 3 heterocycles. The van der Waals surface area contributed by atoms with E-state index in [2.05, 4.69) is 50.5 Å². The summed E-state index contributed by atoms with van der Waals surface area (Å²) >= 11 is 0. The maximum atomic E-state index is 12.7. The molecule has 26 heavy (non-hydrogen) atoms. The van der Waals surface area contributed by atoms with Crippen molar-refractivity contribution in [2.24, 2.45) is 0 Å². The molecule has 5 nitrogen and oxygen atoms in total. The summed E-state index contributed by atoms with van der Waals surface area (Å²) in [6.07, 6.45) is 8.46. The highest BCUT2D eigenvalue weighted by Gasteiger charge is 2.47. The van der Waals surface area contributed by atoms with Gasteiger partial charge in [-0.25, -0.2) is 0 Å². The van der Waals surface area contributed by atoms with E-state index in [1.54, 1.807) is 6.20 Å². The van der Waals surface area contributed by atoms with Gasteiger partial charge in [0.25, 0.3) is 0 Å². The Morgan fingerprint density at radius 1 is 1.19 bits per heavy atom. The van der Waals surface area contributed by atoms with E-state index in [0.717, 1.165) is 24.9 Å². The number of aromatic amines is 1. The van der Waals surface area contributed by atoms with Gasteiger partial charge in [-0.1, -0.05) is 24.3 Å². The number of rotatable bonds is 5. The van der Waals surface area contributed by atoms with Crippen LogP contribution in [-0.2, 0) is 11.3 Å². The fraction of sp³-hybridized carbons (Fsp3) is 0.333. The number of amides is 1. The molecule has 5 heteroatoms. The molecule has 1 aromatic carbocycles. The molecule has 0 spiro atoms. The van der Waals surface area contributed by atoms with E-state index in [1.807, 2.05) is 18.5 Å². The van der Waals surface area contributed by atoms with Crippen molar-refractivity contribution in [1.82, 2.24) is 20.2 Å². The quantitative estimate of drug-likeness (QED) is 0.746.